The Morgan fingerprint density at radius 1 is 1.15 bits per heavy atom. The lowest BCUT2D eigenvalue weighted by molar-refractivity contribution is 0.0343. The van der Waals surface area contributed by atoms with Crippen LogP contribution in [0.1, 0.15) is 51.9 Å². The van der Waals surface area contributed by atoms with Crippen molar-refractivity contribution in [1.82, 2.24) is 9.97 Å². The second-order valence-electron chi connectivity index (χ2n) is 5.91. The molecule has 0 saturated carbocycles. The summed E-state index contributed by atoms with van der Waals surface area (Å²) in [5, 5.41) is 6.68. The normalized spacial score (nSPS) is 11.8. The van der Waals surface area contributed by atoms with Gasteiger partial charge in [-0.25, -0.2) is 9.97 Å². The molecule has 0 bridgehead atoms. The molecule has 20 heavy (non-hydrogen) atoms. The zero-order valence-electron chi connectivity index (χ0n) is 13.8. The Morgan fingerprint density at radius 3 is 2.15 bits per heavy atom. The summed E-state index contributed by atoms with van der Waals surface area (Å²) >= 11 is 0. The molecule has 1 aromatic heterocycles. The Morgan fingerprint density at radius 2 is 1.70 bits per heavy atom. The molecule has 114 valence electrons. The number of hydrogen-bond acceptors (Lipinski definition) is 5. The van der Waals surface area contributed by atoms with Gasteiger partial charge < -0.3 is 15.4 Å². The zero-order chi connectivity index (χ0) is 15.3. The standard InChI is InChI=1S/C15H28N4O/c1-8-16-13-11(4)14(17-9-15(5,6)20-7)19-12(18-13)10(2)3/h10H,8-9H2,1-7H3,(H2,16,17,18,19). The van der Waals surface area contributed by atoms with Gasteiger partial charge in [0, 0.05) is 31.7 Å². The lowest BCUT2D eigenvalue weighted by atomic mass is 10.1. The third-order valence-corrected chi connectivity index (χ3v) is 3.26. The highest BCUT2D eigenvalue weighted by Crippen LogP contribution is 2.23. The molecule has 1 rings (SSSR count). The van der Waals surface area contributed by atoms with Gasteiger partial charge in [-0.05, 0) is 27.7 Å². The van der Waals surface area contributed by atoms with Gasteiger partial charge in [0.15, 0.2) is 0 Å². The summed E-state index contributed by atoms with van der Waals surface area (Å²) in [6.45, 7) is 13.9. The van der Waals surface area contributed by atoms with E-state index in [-0.39, 0.29) is 5.60 Å². The Balaban J connectivity index is 3.04. The second kappa shape index (κ2) is 6.88. The molecule has 0 aliphatic heterocycles. The molecular formula is C15H28N4O. The lowest BCUT2D eigenvalue weighted by Gasteiger charge is -2.24. The number of anilines is 2. The van der Waals surface area contributed by atoms with Crippen LogP contribution < -0.4 is 10.6 Å². The van der Waals surface area contributed by atoms with Crippen LogP contribution in [0.3, 0.4) is 0 Å². The Kier molecular flexibility index (Phi) is 5.74. The molecule has 0 spiro atoms. The average molecular weight is 280 g/mol. The molecule has 1 heterocycles. The van der Waals surface area contributed by atoms with Crippen molar-refractivity contribution in [2.45, 2.75) is 53.1 Å². The number of methoxy groups -OCH3 is 1. The molecule has 5 nitrogen and oxygen atoms in total. The van der Waals surface area contributed by atoms with Crippen LogP contribution in [-0.4, -0.2) is 35.8 Å². The number of nitrogens with zero attached hydrogens (tertiary/aromatic N) is 2. The number of nitrogens with one attached hydrogen (secondary N) is 2. The fraction of sp³-hybridized carbons (Fsp3) is 0.733. The first-order valence-corrected chi connectivity index (χ1v) is 7.22. The van der Waals surface area contributed by atoms with Gasteiger partial charge in [0.2, 0.25) is 0 Å². The highest BCUT2D eigenvalue weighted by atomic mass is 16.5. The van der Waals surface area contributed by atoms with Crippen LogP contribution in [0.15, 0.2) is 0 Å². The van der Waals surface area contributed by atoms with Crippen molar-refractivity contribution in [1.29, 1.82) is 0 Å². The van der Waals surface area contributed by atoms with Gasteiger partial charge in [-0.2, -0.15) is 0 Å². The first-order valence-electron chi connectivity index (χ1n) is 7.22. The first kappa shape index (κ1) is 16.7. The summed E-state index contributed by atoms with van der Waals surface area (Å²) in [5.41, 5.74) is 0.816. The van der Waals surface area contributed by atoms with Crippen LogP contribution in [0.25, 0.3) is 0 Å². The molecule has 0 atom stereocenters. The summed E-state index contributed by atoms with van der Waals surface area (Å²) in [6, 6.07) is 0. The van der Waals surface area contributed by atoms with Crippen molar-refractivity contribution in [3.05, 3.63) is 11.4 Å². The predicted octanol–water partition coefficient (Wildman–Crippen LogP) is 3.18. The third-order valence-electron chi connectivity index (χ3n) is 3.26. The van der Waals surface area contributed by atoms with Crippen molar-refractivity contribution in [2.24, 2.45) is 0 Å². The number of hydrogen-bond donors (Lipinski definition) is 2. The molecule has 1 aromatic rings. The van der Waals surface area contributed by atoms with Crippen molar-refractivity contribution >= 4 is 11.6 Å². The van der Waals surface area contributed by atoms with E-state index in [0.717, 1.165) is 29.6 Å². The molecule has 5 heteroatoms. The van der Waals surface area contributed by atoms with Gasteiger partial charge >= 0.3 is 0 Å². The van der Waals surface area contributed by atoms with Gasteiger partial charge in [-0.1, -0.05) is 13.8 Å². The van der Waals surface area contributed by atoms with Gasteiger partial charge in [-0.3, -0.25) is 0 Å². The van der Waals surface area contributed by atoms with E-state index in [1.165, 1.54) is 0 Å². The van der Waals surface area contributed by atoms with E-state index in [0.29, 0.717) is 12.5 Å². The van der Waals surface area contributed by atoms with E-state index in [2.05, 4.69) is 41.4 Å². The van der Waals surface area contributed by atoms with Crippen molar-refractivity contribution in [3.8, 4) is 0 Å². The van der Waals surface area contributed by atoms with Crippen LogP contribution in [-0.2, 0) is 4.74 Å². The second-order valence-corrected chi connectivity index (χ2v) is 5.91. The molecule has 0 unspecified atom stereocenters. The van der Waals surface area contributed by atoms with E-state index >= 15 is 0 Å². The maximum absolute atomic E-state index is 5.43. The molecule has 0 aromatic carbocycles. The highest BCUT2D eigenvalue weighted by molar-refractivity contribution is 5.57. The minimum absolute atomic E-state index is 0.228. The van der Waals surface area contributed by atoms with Gasteiger partial charge in [0.1, 0.15) is 17.5 Å². The molecule has 0 saturated heterocycles. The van der Waals surface area contributed by atoms with Gasteiger partial charge in [0.05, 0.1) is 5.60 Å². The molecule has 0 amide bonds. The van der Waals surface area contributed by atoms with E-state index in [4.69, 9.17) is 4.74 Å². The van der Waals surface area contributed by atoms with E-state index in [1.54, 1.807) is 7.11 Å². The summed E-state index contributed by atoms with van der Waals surface area (Å²) in [7, 11) is 1.72. The molecule has 0 fully saturated rings. The van der Waals surface area contributed by atoms with Crippen molar-refractivity contribution in [2.75, 3.05) is 30.8 Å². The van der Waals surface area contributed by atoms with E-state index < -0.39 is 0 Å². The fourth-order valence-corrected chi connectivity index (χ4v) is 1.67. The molecule has 0 aliphatic carbocycles. The average Bonchev–Trinajstić information content (AvgIpc) is 2.39. The number of aromatic nitrogens is 2. The van der Waals surface area contributed by atoms with Crippen molar-refractivity contribution < 1.29 is 4.74 Å². The molecule has 0 aliphatic rings. The van der Waals surface area contributed by atoms with Crippen LogP contribution in [0.2, 0.25) is 0 Å². The highest BCUT2D eigenvalue weighted by Gasteiger charge is 2.18. The SMILES string of the molecule is CCNc1nc(C(C)C)nc(NCC(C)(C)OC)c1C. The number of ether oxygens (including phenoxy) is 1. The monoisotopic (exact) mass is 280 g/mol. The minimum Gasteiger partial charge on any atom is -0.377 e. The van der Waals surface area contributed by atoms with Crippen LogP contribution in [0.5, 0.6) is 0 Å². The van der Waals surface area contributed by atoms with E-state index in [9.17, 15) is 0 Å². The smallest absolute Gasteiger partial charge is 0.135 e. The summed E-state index contributed by atoms with van der Waals surface area (Å²) in [4.78, 5) is 9.23. The molecular weight excluding hydrogens is 252 g/mol. The zero-order valence-corrected chi connectivity index (χ0v) is 13.8. The largest absolute Gasteiger partial charge is 0.377 e. The van der Waals surface area contributed by atoms with Gasteiger partial charge in [-0.15, -0.1) is 0 Å². The Labute approximate surface area is 122 Å². The summed E-state index contributed by atoms with van der Waals surface area (Å²) in [6.07, 6.45) is 0. The predicted molar refractivity (Wildman–Crippen MR) is 84.6 cm³/mol. The Hall–Kier alpha value is -1.36. The number of rotatable bonds is 7. The third kappa shape index (κ3) is 4.34. The maximum Gasteiger partial charge on any atom is 0.135 e. The fourth-order valence-electron chi connectivity index (χ4n) is 1.67. The maximum atomic E-state index is 5.43. The van der Waals surface area contributed by atoms with Crippen LogP contribution >= 0.6 is 0 Å². The first-order chi connectivity index (χ1) is 9.30. The lowest BCUT2D eigenvalue weighted by Crippen LogP contribution is -2.32. The molecule has 0 radical (unpaired) electrons. The van der Waals surface area contributed by atoms with Crippen molar-refractivity contribution in [3.63, 3.8) is 0 Å². The molecule has 2 N–H and O–H groups in total. The van der Waals surface area contributed by atoms with Gasteiger partial charge in [0.25, 0.3) is 0 Å². The Bertz CT molecular complexity index is 444. The van der Waals surface area contributed by atoms with Crippen LogP contribution in [0, 0.1) is 6.92 Å². The summed E-state index contributed by atoms with van der Waals surface area (Å²) in [5.74, 6) is 2.93. The van der Waals surface area contributed by atoms with E-state index in [1.807, 2.05) is 20.8 Å². The quantitative estimate of drug-likeness (QED) is 0.803. The van der Waals surface area contributed by atoms with Crippen LogP contribution in [0.4, 0.5) is 11.6 Å². The topological polar surface area (TPSA) is 59.1 Å². The minimum atomic E-state index is -0.228. The summed E-state index contributed by atoms with van der Waals surface area (Å²) < 4.78 is 5.43.